The highest BCUT2D eigenvalue weighted by Crippen LogP contribution is 2.25. The van der Waals surface area contributed by atoms with E-state index in [0.717, 1.165) is 18.2 Å². The van der Waals surface area contributed by atoms with Crippen molar-refractivity contribution in [2.75, 3.05) is 5.73 Å². The van der Waals surface area contributed by atoms with Gasteiger partial charge in [-0.05, 0) is 12.1 Å². The van der Waals surface area contributed by atoms with Gasteiger partial charge in [-0.15, -0.1) is 0 Å². The molecule has 8 heteroatoms. The summed E-state index contributed by atoms with van der Waals surface area (Å²) < 4.78 is 30.0. The Hall–Kier alpha value is -1.67. The van der Waals surface area contributed by atoms with Gasteiger partial charge in [0.2, 0.25) is 0 Å². The van der Waals surface area contributed by atoms with Crippen molar-refractivity contribution in [3.8, 4) is 0 Å². The number of hydrogen-bond acceptors (Lipinski definition) is 5. The lowest BCUT2D eigenvalue weighted by atomic mass is 10.3. The van der Waals surface area contributed by atoms with Gasteiger partial charge in [0.1, 0.15) is 0 Å². The molecule has 1 rings (SSSR count). The lowest BCUT2D eigenvalue weighted by molar-refractivity contribution is -0.387. The maximum absolute atomic E-state index is 10.7. The third kappa shape index (κ3) is 1.98. The van der Waals surface area contributed by atoms with E-state index in [-0.39, 0.29) is 5.69 Å². The first kappa shape index (κ1) is 10.4. The van der Waals surface area contributed by atoms with Gasteiger partial charge in [0, 0.05) is 11.8 Å². The lowest BCUT2D eigenvalue weighted by Crippen LogP contribution is -2.03. The van der Waals surface area contributed by atoms with Gasteiger partial charge in [0.25, 0.3) is 5.69 Å². The molecule has 0 aliphatic rings. The molecule has 7 nitrogen and oxygen atoms in total. The second-order valence-electron chi connectivity index (χ2n) is 2.46. The second kappa shape index (κ2) is 3.24. The standard InChI is InChI=1S/C6H6N2O5S/c7-4-1-2-6(14(11,12)13)5(3-4)8(9)10/h1-3H,7H2,(H,11,12,13). The number of hydrogen-bond donors (Lipinski definition) is 2. The van der Waals surface area contributed by atoms with E-state index in [1.54, 1.807) is 0 Å². The van der Waals surface area contributed by atoms with Crippen LogP contribution in [0, 0.1) is 10.1 Å². The van der Waals surface area contributed by atoms with Gasteiger partial charge < -0.3 is 5.73 Å². The minimum Gasteiger partial charge on any atom is -0.399 e. The van der Waals surface area contributed by atoms with E-state index in [9.17, 15) is 18.5 Å². The first-order chi connectivity index (χ1) is 6.32. The fraction of sp³-hybridized carbons (Fsp3) is 0. The molecule has 0 heterocycles. The number of benzene rings is 1. The molecule has 0 spiro atoms. The van der Waals surface area contributed by atoms with Crippen LogP contribution in [0.1, 0.15) is 0 Å². The fourth-order valence-electron chi connectivity index (χ4n) is 0.895. The Morgan fingerprint density at radius 1 is 1.43 bits per heavy atom. The molecule has 0 unspecified atom stereocenters. The van der Waals surface area contributed by atoms with Crippen molar-refractivity contribution in [2.45, 2.75) is 4.90 Å². The summed E-state index contributed by atoms with van der Waals surface area (Å²) in [5.41, 5.74) is 4.53. The zero-order chi connectivity index (χ0) is 10.9. The maximum Gasteiger partial charge on any atom is 0.301 e. The van der Waals surface area contributed by atoms with Crippen LogP contribution in [0.2, 0.25) is 0 Å². The molecule has 1 aromatic rings. The Balaban J connectivity index is 3.53. The average Bonchev–Trinajstić information content (AvgIpc) is 2.01. The topological polar surface area (TPSA) is 124 Å². The highest BCUT2D eigenvalue weighted by Gasteiger charge is 2.23. The van der Waals surface area contributed by atoms with Gasteiger partial charge in [-0.1, -0.05) is 0 Å². The largest absolute Gasteiger partial charge is 0.399 e. The second-order valence-corrected chi connectivity index (χ2v) is 3.85. The lowest BCUT2D eigenvalue weighted by Gasteiger charge is -1.99. The van der Waals surface area contributed by atoms with Crippen molar-refractivity contribution < 1.29 is 17.9 Å². The van der Waals surface area contributed by atoms with E-state index in [0.29, 0.717) is 0 Å². The smallest absolute Gasteiger partial charge is 0.301 e. The molecule has 0 bridgehead atoms. The molecular formula is C6H6N2O5S. The van der Waals surface area contributed by atoms with Crippen molar-refractivity contribution in [3.05, 3.63) is 28.3 Å². The Kier molecular flexibility index (Phi) is 2.41. The monoisotopic (exact) mass is 218 g/mol. The minimum absolute atomic E-state index is 0.0455. The van der Waals surface area contributed by atoms with Crippen LogP contribution in [0.25, 0.3) is 0 Å². The summed E-state index contributed by atoms with van der Waals surface area (Å²) in [6.07, 6.45) is 0. The number of nitrogens with zero attached hydrogens (tertiary/aromatic N) is 1. The van der Waals surface area contributed by atoms with E-state index < -0.39 is 25.6 Å². The van der Waals surface area contributed by atoms with Gasteiger partial charge in [-0.3, -0.25) is 14.7 Å². The predicted molar refractivity (Wildman–Crippen MR) is 47.3 cm³/mol. The number of nitrogens with two attached hydrogens (primary N) is 1. The predicted octanol–water partition coefficient (Wildman–Crippen LogP) is 0.424. The van der Waals surface area contributed by atoms with Gasteiger partial charge >= 0.3 is 10.1 Å². The zero-order valence-corrected chi connectivity index (χ0v) is 7.56. The molecule has 0 atom stereocenters. The van der Waals surface area contributed by atoms with Crippen LogP contribution < -0.4 is 5.73 Å². The molecule has 76 valence electrons. The van der Waals surface area contributed by atoms with Crippen LogP contribution in [0.5, 0.6) is 0 Å². The first-order valence-electron chi connectivity index (χ1n) is 3.34. The summed E-state index contributed by atoms with van der Waals surface area (Å²) in [5.74, 6) is 0. The molecule has 3 N–H and O–H groups in total. The molecule has 0 saturated heterocycles. The fourth-order valence-corrected chi connectivity index (χ4v) is 1.53. The van der Waals surface area contributed by atoms with Crippen LogP contribution in [0.4, 0.5) is 11.4 Å². The van der Waals surface area contributed by atoms with E-state index in [1.165, 1.54) is 0 Å². The number of nitro benzene ring substituents is 1. The summed E-state index contributed by atoms with van der Waals surface area (Å²) in [4.78, 5) is 8.70. The third-order valence-corrected chi connectivity index (χ3v) is 2.36. The van der Waals surface area contributed by atoms with Crippen molar-refractivity contribution >= 4 is 21.5 Å². The quantitative estimate of drug-likeness (QED) is 0.321. The Morgan fingerprint density at radius 3 is 2.43 bits per heavy atom. The van der Waals surface area contributed by atoms with E-state index in [2.05, 4.69) is 0 Å². The highest BCUT2D eigenvalue weighted by atomic mass is 32.2. The van der Waals surface area contributed by atoms with Crippen LogP contribution in [0.3, 0.4) is 0 Å². The van der Waals surface area contributed by atoms with Crippen molar-refractivity contribution in [3.63, 3.8) is 0 Å². The number of nitro groups is 1. The number of anilines is 1. The Morgan fingerprint density at radius 2 is 2.00 bits per heavy atom. The molecule has 0 radical (unpaired) electrons. The molecule has 0 amide bonds. The maximum atomic E-state index is 10.7. The molecule has 1 aromatic carbocycles. The van der Waals surface area contributed by atoms with Gasteiger partial charge in [-0.2, -0.15) is 8.42 Å². The minimum atomic E-state index is -4.59. The first-order valence-corrected chi connectivity index (χ1v) is 4.78. The van der Waals surface area contributed by atoms with Gasteiger partial charge in [0.15, 0.2) is 4.90 Å². The summed E-state index contributed by atoms with van der Waals surface area (Å²) in [6.45, 7) is 0. The van der Waals surface area contributed by atoms with Crippen LogP contribution in [0.15, 0.2) is 23.1 Å². The Labute approximate surface area is 79.1 Å². The van der Waals surface area contributed by atoms with Gasteiger partial charge in [-0.25, -0.2) is 0 Å². The molecule has 0 aliphatic heterocycles. The number of nitrogen functional groups attached to an aromatic ring is 1. The van der Waals surface area contributed by atoms with Gasteiger partial charge in [0.05, 0.1) is 4.92 Å². The van der Waals surface area contributed by atoms with Crippen molar-refractivity contribution in [1.29, 1.82) is 0 Å². The van der Waals surface area contributed by atoms with E-state index >= 15 is 0 Å². The summed E-state index contributed by atoms with van der Waals surface area (Å²) in [6, 6.07) is 2.89. The highest BCUT2D eigenvalue weighted by molar-refractivity contribution is 7.86. The molecule has 0 aliphatic carbocycles. The third-order valence-electron chi connectivity index (χ3n) is 1.46. The van der Waals surface area contributed by atoms with Crippen LogP contribution in [-0.2, 0) is 10.1 Å². The normalized spacial score (nSPS) is 11.2. The Bertz CT molecular complexity index is 481. The number of rotatable bonds is 2. The summed E-state index contributed by atoms with van der Waals surface area (Å²) in [5, 5.41) is 10.4. The molecule has 0 aromatic heterocycles. The average molecular weight is 218 g/mol. The zero-order valence-electron chi connectivity index (χ0n) is 6.75. The summed E-state index contributed by atoms with van der Waals surface area (Å²) in [7, 11) is -4.59. The molecular weight excluding hydrogens is 212 g/mol. The van der Waals surface area contributed by atoms with E-state index in [1.807, 2.05) is 0 Å². The summed E-state index contributed by atoms with van der Waals surface area (Å²) >= 11 is 0. The molecule has 0 fully saturated rings. The molecule has 0 saturated carbocycles. The van der Waals surface area contributed by atoms with Crippen molar-refractivity contribution in [2.24, 2.45) is 0 Å². The van der Waals surface area contributed by atoms with E-state index in [4.69, 9.17) is 10.3 Å². The van der Waals surface area contributed by atoms with Crippen LogP contribution in [-0.4, -0.2) is 17.9 Å². The SMILES string of the molecule is Nc1ccc(S(=O)(=O)O)c([N+](=O)[O-])c1. The van der Waals surface area contributed by atoms with Crippen molar-refractivity contribution in [1.82, 2.24) is 0 Å². The van der Waals surface area contributed by atoms with Crippen LogP contribution >= 0.6 is 0 Å². The molecule has 14 heavy (non-hydrogen) atoms.